The number of pyridine rings is 1. The predicted octanol–water partition coefficient (Wildman–Crippen LogP) is 4.34. The van der Waals surface area contributed by atoms with Crippen LogP contribution in [0, 0.1) is 0 Å². The Morgan fingerprint density at radius 1 is 1.07 bits per heavy atom. The van der Waals surface area contributed by atoms with E-state index in [1.165, 1.54) is 12.1 Å². The minimum absolute atomic E-state index is 0.0468. The number of primary sulfonamides is 1. The Morgan fingerprint density at radius 3 is 2.37 bits per heavy atom. The second-order valence-corrected chi connectivity index (χ2v) is 10.1. The third kappa shape index (κ3) is 6.08. The number of halogens is 2. The van der Waals surface area contributed by atoms with Gasteiger partial charge in [-0.1, -0.05) is 31.9 Å². The lowest BCUT2D eigenvalue weighted by atomic mass is 10.2. The summed E-state index contributed by atoms with van der Waals surface area (Å²) >= 11 is 12.7. The smallest absolute Gasteiger partial charge is 0.238 e. The standard InChI is InChI=1S/C20H18Br2N4O2S2/c21-16-1-6-19(22)15(11-16)13-26(17-2-4-18(5-3-17)30(23,27)28)20(29)25-12-14-7-9-24-10-8-14/h1-11H,12-13H2,(H,25,29)(H2,23,27,28). The molecule has 10 heteroatoms. The number of hydrogen-bond acceptors (Lipinski definition) is 4. The van der Waals surface area contributed by atoms with Crippen LogP contribution in [0.1, 0.15) is 11.1 Å². The third-order valence-corrected chi connectivity index (χ3v) is 6.81. The van der Waals surface area contributed by atoms with Gasteiger partial charge in [0.2, 0.25) is 10.0 Å². The van der Waals surface area contributed by atoms with Gasteiger partial charge < -0.3 is 10.2 Å². The largest absolute Gasteiger partial charge is 0.358 e. The first-order valence-corrected chi connectivity index (χ1v) is 12.3. The Hall–Kier alpha value is -1.85. The molecule has 0 saturated carbocycles. The van der Waals surface area contributed by atoms with E-state index in [0.717, 1.165) is 25.8 Å². The molecular formula is C20H18Br2N4O2S2. The van der Waals surface area contributed by atoms with Crippen molar-refractivity contribution in [3.63, 3.8) is 0 Å². The van der Waals surface area contributed by atoms with Gasteiger partial charge in [-0.25, -0.2) is 13.6 Å². The summed E-state index contributed by atoms with van der Waals surface area (Å²) < 4.78 is 25.1. The van der Waals surface area contributed by atoms with Gasteiger partial charge in [-0.2, -0.15) is 0 Å². The van der Waals surface area contributed by atoms with Gasteiger partial charge in [-0.05, 0) is 77.9 Å². The number of hydrogen-bond donors (Lipinski definition) is 2. The lowest BCUT2D eigenvalue weighted by Crippen LogP contribution is -2.39. The fourth-order valence-corrected chi connectivity index (χ4v) is 4.24. The fraction of sp³-hybridized carbons (Fsp3) is 0.100. The molecule has 0 amide bonds. The maximum Gasteiger partial charge on any atom is 0.238 e. The minimum Gasteiger partial charge on any atom is -0.358 e. The number of aromatic nitrogens is 1. The summed E-state index contributed by atoms with van der Waals surface area (Å²) in [4.78, 5) is 5.96. The minimum atomic E-state index is -3.77. The second kappa shape index (κ2) is 9.97. The number of nitrogens with one attached hydrogen (secondary N) is 1. The van der Waals surface area contributed by atoms with E-state index in [0.29, 0.717) is 18.2 Å². The summed E-state index contributed by atoms with van der Waals surface area (Å²) in [6, 6.07) is 16.0. The maximum atomic E-state index is 11.6. The normalized spacial score (nSPS) is 11.2. The summed E-state index contributed by atoms with van der Waals surface area (Å²) in [7, 11) is -3.77. The first kappa shape index (κ1) is 22.8. The number of benzene rings is 2. The molecule has 3 rings (SSSR count). The van der Waals surface area contributed by atoms with Crippen molar-refractivity contribution in [2.24, 2.45) is 5.14 Å². The van der Waals surface area contributed by atoms with Crippen LogP contribution in [0.25, 0.3) is 0 Å². The molecule has 0 radical (unpaired) electrons. The van der Waals surface area contributed by atoms with Gasteiger partial charge in [0.05, 0.1) is 11.4 Å². The highest BCUT2D eigenvalue weighted by Crippen LogP contribution is 2.26. The Bertz CT molecular complexity index is 1140. The van der Waals surface area contributed by atoms with E-state index < -0.39 is 10.0 Å². The monoisotopic (exact) mass is 568 g/mol. The highest BCUT2D eigenvalue weighted by Gasteiger charge is 2.16. The fourth-order valence-electron chi connectivity index (χ4n) is 2.70. The van der Waals surface area contributed by atoms with Gasteiger partial charge in [0.1, 0.15) is 0 Å². The quantitative estimate of drug-likeness (QED) is 0.429. The molecule has 0 bridgehead atoms. The van der Waals surface area contributed by atoms with Crippen molar-refractivity contribution >= 4 is 64.9 Å². The van der Waals surface area contributed by atoms with Crippen LogP contribution in [0.2, 0.25) is 0 Å². The summed E-state index contributed by atoms with van der Waals surface area (Å²) in [5, 5.41) is 8.98. The number of nitrogens with zero attached hydrogens (tertiary/aromatic N) is 2. The first-order valence-electron chi connectivity index (χ1n) is 8.75. The molecule has 0 atom stereocenters. The van der Waals surface area contributed by atoms with Crippen LogP contribution in [0.4, 0.5) is 5.69 Å². The van der Waals surface area contributed by atoms with Gasteiger partial charge in [0, 0.05) is 33.6 Å². The zero-order valence-corrected chi connectivity index (χ0v) is 20.4. The third-order valence-electron chi connectivity index (χ3n) is 4.25. The lowest BCUT2D eigenvalue weighted by Gasteiger charge is -2.27. The molecule has 0 aliphatic heterocycles. The van der Waals surface area contributed by atoms with Gasteiger partial charge in [0.25, 0.3) is 0 Å². The number of sulfonamides is 1. The van der Waals surface area contributed by atoms with Crippen molar-refractivity contribution in [3.05, 3.63) is 87.1 Å². The summed E-state index contributed by atoms with van der Waals surface area (Å²) in [5.74, 6) is 0. The maximum absolute atomic E-state index is 11.6. The van der Waals surface area contributed by atoms with Crippen molar-refractivity contribution in [3.8, 4) is 0 Å². The topological polar surface area (TPSA) is 88.3 Å². The molecule has 0 spiro atoms. The van der Waals surface area contributed by atoms with E-state index in [2.05, 4.69) is 42.2 Å². The van der Waals surface area contributed by atoms with Crippen molar-refractivity contribution in [2.75, 3.05) is 4.90 Å². The van der Waals surface area contributed by atoms with Gasteiger partial charge in [-0.3, -0.25) is 4.98 Å². The number of thiocarbonyl (C=S) groups is 1. The molecule has 6 nitrogen and oxygen atoms in total. The predicted molar refractivity (Wildman–Crippen MR) is 130 cm³/mol. The van der Waals surface area contributed by atoms with Crippen molar-refractivity contribution in [1.82, 2.24) is 10.3 Å². The first-order chi connectivity index (χ1) is 14.2. The Morgan fingerprint density at radius 2 is 1.73 bits per heavy atom. The van der Waals surface area contributed by atoms with Crippen LogP contribution >= 0.6 is 44.1 Å². The molecule has 3 N–H and O–H groups in total. The summed E-state index contributed by atoms with van der Waals surface area (Å²) in [6.07, 6.45) is 3.45. The molecule has 0 unspecified atom stereocenters. The van der Waals surface area contributed by atoms with Crippen LogP contribution in [0.5, 0.6) is 0 Å². The average Bonchev–Trinajstić information content (AvgIpc) is 2.73. The van der Waals surface area contributed by atoms with E-state index in [4.69, 9.17) is 17.4 Å². The van der Waals surface area contributed by atoms with Gasteiger partial charge >= 0.3 is 0 Å². The van der Waals surface area contributed by atoms with Crippen molar-refractivity contribution in [1.29, 1.82) is 0 Å². The number of anilines is 1. The summed E-state index contributed by atoms with van der Waals surface area (Å²) in [6.45, 7) is 1.00. The molecule has 1 aromatic heterocycles. The molecule has 0 fully saturated rings. The summed E-state index contributed by atoms with van der Waals surface area (Å²) in [5.41, 5.74) is 2.79. The average molecular weight is 570 g/mol. The molecule has 0 aliphatic carbocycles. The zero-order valence-electron chi connectivity index (χ0n) is 15.6. The molecular weight excluding hydrogens is 552 g/mol. The second-order valence-electron chi connectivity index (χ2n) is 6.37. The Kier molecular flexibility index (Phi) is 7.59. The molecule has 1 heterocycles. The Labute approximate surface area is 197 Å². The molecule has 0 saturated heterocycles. The van der Waals surface area contributed by atoms with Crippen LogP contribution in [0.3, 0.4) is 0 Å². The highest BCUT2D eigenvalue weighted by molar-refractivity contribution is 9.11. The van der Waals surface area contributed by atoms with E-state index in [1.807, 2.05) is 35.2 Å². The molecule has 3 aromatic rings. The van der Waals surface area contributed by atoms with Crippen LogP contribution in [0.15, 0.2) is 80.8 Å². The number of rotatable bonds is 6. The lowest BCUT2D eigenvalue weighted by molar-refractivity contribution is 0.598. The van der Waals surface area contributed by atoms with Crippen LogP contribution < -0.4 is 15.4 Å². The van der Waals surface area contributed by atoms with Gasteiger partial charge in [0.15, 0.2) is 5.11 Å². The molecule has 2 aromatic carbocycles. The van der Waals surface area contributed by atoms with E-state index in [9.17, 15) is 8.42 Å². The van der Waals surface area contributed by atoms with E-state index >= 15 is 0 Å². The van der Waals surface area contributed by atoms with E-state index in [1.54, 1.807) is 24.5 Å². The van der Waals surface area contributed by atoms with Gasteiger partial charge in [-0.15, -0.1) is 0 Å². The molecule has 30 heavy (non-hydrogen) atoms. The highest BCUT2D eigenvalue weighted by atomic mass is 79.9. The van der Waals surface area contributed by atoms with Crippen molar-refractivity contribution in [2.45, 2.75) is 18.0 Å². The zero-order chi connectivity index (χ0) is 21.7. The number of nitrogens with two attached hydrogens (primary N) is 1. The van der Waals surface area contributed by atoms with Crippen LogP contribution in [-0.2, 0) is 23.1 Å². The van der Waals surface area contributed by atoms with E-state index in [-0.39, 0.29) is 4.90 Å². The van der Waals surface area contributed by atoms with Crippen LogP contribution in [-0.4, -0.2) is 18.5 Å². The molecule has 0 aliphatic rings. The SMILES string of the molecule is NS(=O)(=O)c1ccc(N(Cc2cc(Br)ccc2Br)C(=S)NCc2ccncc2)cc1. The van der Waals surface area contributed by atoms with Crippen molar-refractivity contribution < 1.29 is 8.42 Å². The molecule has 156 valence electrons. The Balaban J connectivity index is 1.89.